The summed E-state index contributed by atoms with van der Waals surface area (Å²) in [4.78, 5) is 13.9. The molecule has 0 bridgehead atoms. The van der Waals surface area contributed by atoms with Gasteiger partial charge in [0.05, 0.1) is 5.70 Å². The second kappa shape index (κ2) is 2.50. The van der Waals surface area contributed by atoms with E-state index in [1.807, 2.05) is 13.0 Å². The number of carbonyl (C=O) groups excluding carboxylic acids is 1. The predicted molar refractivity (Wildman–Crippen MR) is 39.1 cm³/mol. The predicted octanol–water partition coefficient (Wildman–Crippen LogP) is 0.265. The van der Waals surface area contributed by atoms with E-state index in [4.69, 9.17) is 5.73 Å². The van der Waals surface area contributed by atoms with Gasteiger partial charge in [-0.25, -0.2) is 4.79 Å². The SMILES string of the molecule is CC1C=NC(C(N)=C=O)=C1. The molecule has 3 nitrogen and oxygen atoms in total. The summed E-state index contributed by atoms with van der Waals surface area (Å²) in [6.45, 7) is 1.97. The van der Waals surface area contributed by atoms with Crippen LogP contribution < -0.4 is 5.73 Å². The van der Waals surface area contributed by atoms with Gasteiger partial charge in [0.2, 0.25) is 0 Å². The number of nitrogens with zero attached hydrogens (tertiary/aromatic N) is 1. The largest absolute Gasteiger partial charge is 0.388 e. The lowest BCUT2D eigenvalue weighted by atomic mass is 10.2. The third-order valence-corrected chi connectivity index (χ3v) is 1.26. The summed E-state index contributed by atoms with van der Waals surface area (Å²) in [5, 5.41) is 0. The summed E-state index contributed by atoms with van der Waals surface area (Å²) in [6, 6.07) is 0. The van der Waals surface area contributed by atoms with E-state index in [1.54, 1.807) is 12.2 Å². The molecule has 0 aromatic carbocycles. The van der Waals surface area contributed by atoms with Crippen LogP contribution in [0.25, 0.3) is 0 Å². The Kier molecular flexibility index (Phi) is 1.69. The molecule has 0 aromatic heterocycles. The van der Waals surface area contributed by atoms with Crippen molar-refractivity contribution in [2.75, 3.05) is 0 Å². The Morgan fingerprint density at radius 1 is 1.90 bits per heavy atom. The van der Waals surface area contributed by atoms with Crippen molar-refractivity contribution in [2.45, 2.75) is 6.92 Å². The third kappa shape index (κ3) is 1.14. The van der Waals surface area contributed by atoms with Gasteiger partial charge < -0.3 is 5.73 Å². The first-order valence-electron chi connectivity index (χ1n) is 3.01. The molecule has 2 N–H and O–H groups in total. The standard InChI is InChI=1S/C7H8N2O/c1-5-2-7(9-3-5)6(8)4-10/h2-3,5H,8H2,1H3. The molecule has 0 amide bonds. The van der Waals surface area contributed by atoms with Crippen LogP contribution in [0.2, 0.25) is 0 Å². The fraction of sp³-hybridized carbons (Fsp3) is 0.286. The lowest BCUT2D eigenvalue weighted by Gasteiger charge is -1.89. The first kappa shape index (κ1) is 6.78. The van der Waals surface area contributed by atoms with E-state index < -0.39 is 0 Å². The van der Waals surface area contributed by atoms with Crippen molar-refractivity contribution in [2.24, 2.45) is 16.6 Å². The molecule has 0 aromatic rings. The molecule has 1 heterocycles. The maximum absolute atomic E-state index is 10.00. The van der Waals surface area contributed by atoms with Gasteiger partial charge in [-0.3, -0.25) is 4.99 Å². The minimum atomic E-state index is 0.0839. The van der Waals surface area contributed by atoms with Crippen molar-refractivity contribution in [3.8, 4) is 0 Å². The lowest BCUT2D eigenvalue weighted by Crippen LogP contribution is -1.98. The second-order valence-corrected chi connectivity index (χ2v) is 2.20. The Morgan fingerprint density at radius 2 is 2.60 bits per heavy atom. The number of aliphatic imine (C=N–C) groups is 1. The Bertz CT molecular complexity index is 246. The number of hydrogen-bond donors (Lipinski definition) is 1. The van der Waals surface area contributed by atoms with E-state index in [-0.39, 0.29) is 11.6 Å². The fourth-order valence-corrected chi connectivity index (χ4v) is 0.745. The van der Waals surface area contributed by atoms with Crippen LogP contribution in [0.15, 0.2) is 22.5 Å². The Morgan fingerprint density at radius 3 is 3.00 bits per heavy atom. The van der Waals surface area contributed by atoms with Gasteiger partial charge in [0.1, 0.15) is 5.70 Å². The average molecular weight is 136 g/mol. The molecule has 1 aliphatic heterocycles. The zero-order chi connectivity index (χ0) is 7.56. The maximum Gasteiger partial charge on any atom is 0.152 e. The molecular weight excluding hydrogens is 128 g/mol. The second-order valence-electron chi connectivity index (χ2n) is 2.20. The minimum Gasteiger partial charge on any atom is -0.388 e. The van der Waals surface area contributed by atoms with Gasteiger partial charge in [-0.05, 0) is 6.08 Å². The Balaban J connectivity index is 2.87. The summed E-state index contributed by atoms with van der Waals surface area (Å²) in [5.74, 6) is 1.87. The van der Waals surface area contributed by atoms with Gasteiger partial charge >= 0.3 is 0 Å². The van der Waals surface area contributed by atoms with Gasteiger partial charge in [0, 0.05) is 12.1 Å². The zero-order valence-corrected chi connectivity index (χ0v) is 5.66. The van der Waals surface area contributed by atoms with Crippen molar-refractivity contribution < 1.29 is 4.79 Å². The van der Waals surface area contributed by atoms with E-state index in [0.717, 1.165) is 0 Å². The average Bonchev–Trinajstić information content (AvgIpc) is 2.34. The lowest BCUT2D eigenvalue weighted by molar-refractivity contribution is 0.567. The van der Waals surface area contributed by atoms with Crippen molar-refractivity contribution >= 4 is 12.2 Å². The fourth-order valence-electron chi connectivity index (χ4n) is 0.745. The zero-order valence-electron chi connectivity index (χ0n) is 5.66. The quantitative estimate of drug-likeness (QED) is 0.526. The van der Waals surface area contributed by atoms with Gasteiger partial charge in [-0.1, -0.05) is 6.92 Å². The van der Waals surface area contributed by atoms with Gasteiger partial charge in [0.25, 0.3) is 0 Å². The maximum atomic E-state index is 10.00. The highest BCUT2D eigenvalue weighted by Gasteiger charge is 2.07. The van der Waals surface area contributed by atoms with Crippen LogP contribution >= 0.6 is 0 Å². The highest BCUT2D eigenvalue weighted by molar-refractivity contribution is 5.72. The highest BCUT2D eigenvalue weighted by Crippen LogP contribution is 2.13. The van der Waals surface area contributed by atoms with Gasteiger partial charge in [-0.2, -0.15) is 0 Å². The molecule has 0 saturated carbocycles. The molecule has 1 atom stereocenters. The monoisotopic (exact) mass is 136 g/mol. The first-order valence-corrected chi connectivity index (χ1v) is 3.01. The van der Waals surface area contributed by atoms with Crippen LogP contribution in [0.3, 0.4) is 0 Å². The van der Waals surface area contributed by atoms with E-state index in [2.05, 4.69) is 4.99 Å². The van der Waals surface area contributed by atoms with Crippen LogP contribution in [-0.4, -0.2) is 12.2 Å². The van der Waals surface area contributed by atoms with Crippen LogP contribution in [0.4, 0.5) is 0 Å². The van der Waals surface area contributed by atoms with Crippen molar-refractivity contribution in [1.82, 2.24) is 0 Å². The Hall–Kier alpha value is -1.34. The molecule has 0 saturated heterocycles. The summed E-state index contributed by atoms with van der Waals surface area (Å²) < 4.78 is 0. The van der Waals surface area contributed by atoms with E-state index in [9.17, 15) is 4.79 Å². The molecule has 10 heavy (non-hydrogen) atoms. The Labute approximate surface area is 58.9 Å². The van der Waals surface area contributed by atoms with Crippen LogP contribution in [0.1, 0.15) is 6.92 Å². The van der Waals surface area contributed by atoms with E-state index in [0.29, 0.717) is 5.70 Å². The molecule has 52 valence electrons. The number of nitrogens with two attached hydrogens (primary N) is 1. The van der Waals surface area contributed by atoms with Crippen LogP contribution in [0.5, 0.6) is 0 Å². The minimum absolute atomic E-state index is 0.0839. The van der Waals surface area contributed by atoms with Crippen LogP contribution in [0, 0.1) is 5.92 Å². The van der Waals surface area contributed by atoms with Gasteiger partial charge in [-0.15, -0.1) is 0 Å². The number of allylic oxidation sites excluding steroid dienone is 1. The van der Waals surface area contributed by atoms with Crippen molar-refractivity contribution in [1.29, 1.82) is 0 Å². The normalized spacial score (nSPS) is 22.1. The first-order chi connectivity index (χ1) is 4.74. The summed E-state index contributed by atoms with van der Waals surface area (Å²) in [7, 11) is 0. The highest BCUT2D eigenvalue weighted by atomic mass is 16.1. The summed E-state index contributed by atoms with van der Waals surface area (Å²) >= 11 is 0. The number of rotatable bonds is 1. The molecule has 3 heteroatoms. The van der Waals surface area contributed by atoms with Crippen molar-refractivity contribution in [3.63, 3.8) is 0 Å². The molecule has 0 spiro atoms. The molecule has 0 aliphatic carbocycles. The molecular formula is C7H8N2O. The summed E-state index contributed by atoms with van der Waals surface area (Å²) in [6.07, 6.45) is 3.56. The molecule has 1 unspecified atom stereocenters. The van der Waals surface area contributed by atoms with Crippen LogP contribution in [-0.2, 0) is 4.79 Å². The smallest absolute Gasteiger partial charge is 0.152 e. The third-order valence-electron chi connectivity index (χ3n) is 1.26. The van der Waals surface area contributed by atoms with Crippen molar-refractivity contribution in [3.05, 3.63) is 17.5 Å². The van der Waals surface area contributed by atoms with Gasteiger partial charge in [0.15, 0.2) is 5.94 Å². The molecule has 0 radical (unpaired) electrons. The number of hydrogen-bond acceptors (Lipinski definition) is 3. The molecule has 0 fully saturated rings. The molecule has 1 rings (SSSR count). The topological polar surface area (TPSA) is 55.4 Å². The summed E-state index contributed by atoms with van der Waals surface area (Å²) in [5.41, 5.74) is 5.88. The molecule has 1 aliphatic rings. The van der Waals surface area contributed by atoms with E-state index in [1.165, 1.54) is 0 Å². The van der Waals surface area contributed by atoms with E-state index >= 15 is 0 Å².